The normalized spacial score (nSPS) is 21.4. The molecule has 1 aliphatic carbocycles. The number of rotatable bonds is 4. The summed E-state index contributed by atoms with van der Waals surface area (Å²) >= 11 is 0. The Morgan fingerprint density at radius 2 is 1.13 bits per heavy atom. The summed E-state index contributed by atoms with van der Waals surface area (Å²) in [6.07, 6.45) is 5.10. The molecule has 0 amide bonds. The van der Waals surface area contributed by atoms with Crippen LogP contribution in [0.2, 0.25) is 0 Å². The van der Waals surface area contributed by atoms with Crippen molar-refractivity contribution in [1.82, 2.24) is 0 Å². The van der Waals surface area contributed by atoms with E-state index in [0.29, 0.717) is 5.78 Å². The summed E-state index contributed by atoms with van der Waals surface area (Å²) in [5.74, 6) is 0.904. The molecule has 0 radical (unpaired) electrons. The van der Waals surface area contributed by atoms with E-state index in [1.807, 2.05) is 0 Å². The first-order chi connectivity index (χ1) is 11.1. The third kappa shape index (κ3) is 4.10. The molecule has 1 nitrogen and oxygen atoms in total. The van der Waals surface area contributed by atoms with Gasteiger partial charge in [0, 0.05) is 11.8 Å². The molecule has 0 spiro atoms. The fourth-order valence-electron chi connectivity index (χ4n) is 3.65. The van der Waals surface area contributed by atoms with Gasteiger partial charge in [-0.3, -0.25) is 4.79 Å². The molecule has 3 rings (SSSR count). The molecule has 0 bridgehead atoms. The lowest BCUT2D eigenvalue weighted by Gasteiger charge is -2.28. The minimum absolute atomic E-state index is 0.210. The quantitative estimate of drug-likeness (QED) is 0.770. The van der Waals surface area contributed by atoms with E-state index in [0.717, 1.165) is 25.7 Å². The zero-order valence-electron chi connectivity index (χ0n) is 14.2. The van der Waals surface area contributed by atoms with Crippen LogP contribution < -0.4 is 0 Å². The lowest BCUT2D eigenvalue weighted by atomic mass is 9.75. The van der Waals surface area contributed by atoms with E-state index in [9.17, 15) is 4.79 Å². The Balaban J connectivity index is 1.65. The van der Waals surface area contributed by atoms with Crippen LogP contribution in [0.15, 0.2) is 48.5 Å². The van der Waals surface area contributed by atoms with Gasteiger partial charge in [0.1, 0.15) is 5.78 Å². The van der Waals surface area contributed by atoms with Gasteiger partial charge >= 0.3 is 0 Å². The van der Waals surface area contributed by atoms with E-state index >= 15 is 0 Å². The van der Waals surface area contributed by atoms with Crippen LogP contribution in [0.25, 0.3) is 0 Å². The van der Waals surface area contributed by atoms with Crippen molar-refractivity contribution in [3.63, 3.8) is 0 Å². The van der Waals surface area contributed by atoms with Crippen molar-refractivity contribution >= 4 is 5.78 Å². The average molecular weight is 306 g/mol. The van der Waals surface area contributed by atoms with Crippen molar-refractivity contribution in [2.45, 2.75) is 46.0 Å². The van der Waals surface area contributed by atoms with Gasteiger partial charge < -0.3 is 0 Å². The summed E-state index contributed by atoms with van der Waals surface area (Å²) < 4.78 is 0. The molecule has 1 aliphatic rings. The monoisotopic (exact) mass is 306 g/mol. The molecule has 1 fully saturated rings. The second-order valence-electron chi connectivity index (χ2n) is 7.11. The fraction of sp³-hybridized carbons (Fsp3) is 0.409. The lowest BCUT2D eigenvalue weighted by molar-refractivity contribution is -0.129. The molecule has 0 heterocycles. The van der Waals surface area contributed by atoms with Crippen molar-refractivity contribution in [2.24, 2.45) is 11.8 Å². The molecule has 2 atom stereocenters. The molecule has 1 heteroatoms. The lowest BCUT2D eigenvalue weighted by Crippen LogP contribution is -2.31. The first-order valence-corrected chi connectivity index (χ1v) is 8.76. The maximum atomic E-state index is 12.9. The smallest absolute Gasteiger partial charge is 0.139 e. The second-order valence-corrected chi connectivity index (χ2v) is 7.11. The summed E-state index contributed by atoms with van der Waals surface area (Å²) in [5.41, 5.74) is 5.15. The highest BCUT2D eigenvalue weighted by Crippen LogP contribution is 2.30. The van der Waals surface area contributed by atoms with E-state index in [-0.39, 0.29) is 11.8 Å². The SMILES string of the molecule is Cc1ccc(C[C@@H]2CCC[C@@H](Cc3ccc(C)cc3)C2=O)cc1. The fourth-order valence-corrected chi connectivity index (χ4v) is 3.65. The molecular formula is C22H26O. The molecule has 0 unspecified atom stereocenters. The Kier molecular flexibility index (Phi) is 4.95. The van der Waals surface area contributed by atoms with Crippen LogP contribution in [0.3, 0.4) is 0 Å². The van der Waals surface area contributed by atoms with Gasteiger partial charge in [0.25, 0.3) is 0 Å². The summed E-state index contributed by atoms with van der Waals surface area (Å²) in [7, 11) is 0. The van der Waals surface area contributed by atoms with Gasteiger partial charge in [-0.2, -0.15) is 0 Å². The van der Waals surface area contributed by atoms with E-state index in [1.165, 1.54) is 28.7 Å². The van der Waals surface area contributed by atoms with Crippen LogP contribution in [0.5, 0.6) is 0 Å². The number of aryl methyl sites for hydroxylation is 2. The molecule has 1 saturated carbocycles. The molecule has 2 aromatic rings. The number of carbonyl (C=O) groups is 1. The van der Waals surface area contributed by atoms with Crippen LogP contribution in [0.1, 0.15) is 41.5 Å². The van der Waals surface area contributed by atoms with E-state index in [4.69, 9.17) is 0 Å². The van der Waals surface area contributed by atoms with Crippen LogP contribution in [-0.2, 0) is 17.6 Å². The molecule has 0 N–H and O–H groups in total. The number of ketones is 1. The number of benzene rings is 2. The third-order valence-electron chi connectivity index (χ3n) is 5.12. The number of hydrogen-bond acceptors (Lipinski definition) is 1. The van der Waals surface area contributed by atoms with Crippen molar-refractivity contribution in [1.29, 1.82) is 0 Å². The maximum absolute atomic E-state index is 12.9. The summed E-state index contributed by atoms with van der Waals surface area (Å²) in [6, 6.07) is 17.3. The average Bonchev–Trinajstić information content (AvgIpc) is 2.55. The van der Waals surface area contributed by atoms with Gasteiger partial charge in [-0.1, -0.05) is 66.1 Å². The molecule has 0 saturated heterocycles. The maximum Gasteiger partial charge on any atom is 0.139 e. The second kappa shape index (κ2) is 7.12. The van der Waals surface area contributed by atoms with Crippen molar-refractivity contribution < 1.29 is 4.79 Å². The Morgan fingerprint density at radius 1 is 0.739 bits per heavy atom. The van der Waals surface area contributed by atoms with Gasteiger partial charge in [-0.15, -0.1) is 0 Å². The standard InChI is InChI=1S/C22H26O/c1-16-6-10-18(11-7-16)14-20-4-3-5-21(22(20)23)15-19-12-8-17(2)9-13-19/h6-13,20-21H,3-5,14-15H2,1-2H3/t20-,21-/m0/s1. The van der Waals surface area contributed by atoms with Crippen LogP contribution >= 0.6 is 0 Å². The number of hydrogen-bond donors (Lipinski definition) is 0. The van der Waals surface area contributed by atoms with Gasteiger partial charge in [-0.05, 0) is 50.7 Å². The van der Waals surface area contributed by atoms with Gasteiger partial charge in [0.15, 0.2) is 0 Å². The first kappa shape index (κ1) is 16.0. The van der Waals surface area contributed by atoms with Crippen molar-refractivity contribution in [3.8, 4) is 0 Å². The zero-order chi connectivity index (χ0) is 16.2. The number of Topliss-reactive ketones (excluding diaryl/α,β-unsaturated/α-hetero) is 1. The molecule has 0 aromatic heterocycles. The van der Waals surface area contributed by atoms with E-state index in [1.54, 1.807) is 0 Å². The summed E-state index contributed by atoms with van der Waals surface area (Å²) in [6.45, 7) is 4.21. The summed E-state index contributed by atoms with van der Waals surface area (Å²) in [5, 5.41) is 0. The van der Waals surface area contributed by atoms with Crippen molar-refractivity contribution in [2.75, 3.05) is 0 Å². The third-order valence-corrected chi connectivity index (χ3v) is 5.12. The highest BCUT2D eigenvalue weighted by atomic mass is 16.1. The largest absolute Gasteiger partial charge is 0.299 e. The predicted octanol–water partition coefficient (Wildman–Crippen LogP) is 5.07. The minimum Gasteiger partial charge on any atom is -0.299 e. The van der Waals surface area contributed by atoms with E-state index < -0.39 is 0 Å². The predicted molar refractivity (Wildman–Crippen MR) is 95.6 cm³/mol. The van der Waals surface area contributed by atoms with Gasteiger partial charge in [0.05, 0.1) is 0 Å². The van der Waals surface area contributed by atoms with Crippen LogP contribution in [-0.4, -0.2) is 5.78 Å². The molecule has 0 aliphatic heterocycles. The zero-order valence-corrected chi connectivity index (χ0v) is 14.2. The summed E-state index contributed by atoms with van der Waals surface area (Å²) in [4.78, 5) is 12.9. The molecule has 2 aromatic carbocycles. The van der Waals surface area contributed by atoms with Crippen LogP contribution in [0, 0.1) is 25.7 Å². The van der Waals surface area contributed by atoms with Crippen molar-refractivity contribution in [3.05, 3.63) is 70.8 Å². The Labute approximate surface area is 139 Å². The first-order valence-electron chi connectivity index (χ1n) is 8.76. The highest BCUT2D eigenvalue weighted by molar-refractivity contribution is 5.84. The molecule has 23 heavy (non-hydrogen) atoms. The minimum atomic E-state index is 0.210. The van der Waals surface area contributed by atoms with Crippen LogP contribution in [0.4, 0.5) is 0 Å². The molecule has 120 valence electrons. The molecular weight excluding hydrogens is 280 g/mol. The van der Waals surface area contributed by atoms with Gasteiger partial charge in [0.2, 0.25) is 0 Å². The van der Waals surface area contributed by atoms with E-state index in [2.05, 4.69) is 62.4 Å². The van der Waals surface area contributed by atoms with Gasteiger partial charge in [-0.25, -0.2) is 0 Å². The topological polar surface area (TPSA) is 17.1 Å². The Morgan fingerprint density at radius 3 is 1.52 bits per heavy atom. The highest BCUT2D eigenvalue weighted by Gasteiger charge is 2.31. The Hall–Kier alpha value is -1.89. The number of carbonyl (C=O) groups excluding carboxylic acids is 1. The Bertz CT molecular complexity index is 594.